The largest absolute Gasteiger partial charge is 0.497 e. The summed E-state index contributed by atoms with van der Waals surface area (Å²) < 4.78 is 38.9. The van der Waals surface area contributed by atoms with Crippen LogP contribution in [0.3, 0.4) is 0 Å². The number of anilines is 1. The van der Waals surface area contributed by atoms with Gasteiger partial charge in [0.2, 0.25) is 0 Å². The van der Waals surface area contributed by atoms with Crippen LogP contribution >= 0.6 is 0 Å². The second-order valence-electron chi connectivity index (χ2n) is 7.08. The van der Waals surface area contributed by atoms with Crippen molar-refractivity contribution in [3.05, 3.63) is 18.2 Å². The summed E-state index contributed by atoms with van der Waals surface area (Å²) in [5, 5.41) is 7.79. The van der Waals surface area contributed by atoms with Gasteiger partial charge in [0.05, 0.1) is 23.3 Å². The average molecular weight is 337 g/mol. The minimum absolute atomic E-state index is 0.436. The standard InChI is InChI=1S/C16H22BF2N3O2/c1-15(2)16(3,4)24-17(23-15)11-8-6-7-10-13(11)22(5)21-14(10)20-9-12(18)19/h6-8,12H,9H2,1-5H3,(H,20,21). The van der Waals surface area contributed by atoms with E-state index in [1.165, 1.54) is 0 Å². The minimum Gasteiger partial charge on any atom is -0.399 e. The lowest BCUT2D eigenvalue weighted by Crippen LogP contribution is -2.41. The van der Waals surface area contributed by atoms with Gasteiger partial charge in [0.25, 0.3) is 6.43 Å². The fraction of sp³-hybridized carbons (Fsp3) is 0.562. The first-order chi connectivity index (χ1) is 11.1. The van der Waals surface area contributed by atoms with Crippen LogP contribution in [0.5, 0.6) is 0 Å². The van der Waals surface area contributed by atoms with E-state index in [0.717, 1.165) is 16.4 Å². The molecular weight excluding hydrogens is 315 g/mol. The number of aromatic nitrogens is 2. The van der Waals surface area contributed by atoms with E-state index in [-0.39, 0.29) is 0 Å². The van der Waals surface area contributed by atoms with Crippen LogP contribution in [0, 0.1) is 0 Å². The highest BCUT2D eigenvalue weighted by Gasteiger charge is 2.52. The summed E-state index contributed by atoms with van der Waals surface area (Å²) in [6, 6.07) is 5.63. The second-order valence-corrected chi connectivity index (χ2v) is 7.08. The number of nitrogens with zero attached hydrogens (tertiary/aromatic N) is 2. The molecule has 1 fully saturated rings. The zero-order valence-corrected chi connectivity index (χ0v) is 14.6. The summed E-state index contributed by atoms with van der Waals surface area (Å²) in [5.41, 5.74) is 0.753. The van der Waals surface area contributed by atoms with Crippen molar-refractivity contribution >= 4 is 29.3 Å². The number of alkyl halides is 2. The molecule has 0 saturated carbocycles. The molecule has 0 bridgehead atoms. The Kier molecular flexibility index (Phi) is 4.08. The van der Waals surface area contributed by atoms with E-state index < -0.39 is 31.3 Å². The van der Waals surface area contributed by atoms with E-state index in [1.807, 2.05) is 45.9 Å². The zero-order valence-electron chi connectivity index (χ0n) is 14.6. The first kappa shape index (κ1) is 17.2. The molecule has 24 heavy (non-hydrogen) atoms. The molecule has 3 rings (SSSR count). The molecule has 0 radical (unpaired) electrons. The molecule has 1 N–H and O–H groups in total. The van der Waals surface area contributed by atoms with Crippen LogP contribution in [0.2, 0.25) is 0 Å². The molecule has 1 aromatic carbocycles. The minimum atomic E-state index is -2.44. The summed E-state index contributed by atoms with van der Waals surface area (Å²) >= 11 is 0. The third kappa shape index (κ3) is 2.78. The Morgan fingerprint density at radius 1 is 1.21 bits per heavy atom. The van der Waals surface area contributed by atoms with E-state index >= 15 is 0 Å². The van der Waals surface area contributed by atoms with Crippen LogP contribution in [0.25, 0.3) is 10.9 Å². The Bertz CT molecular complexity index is 745. The molecule has 0 spiro atoms. The van der Waals surface area contributed by atoms with Gasteiger partial charge in [-0.25, -0.2) is 8.78 Å². The molecule has 0 atom stereocenters. The zero-order chi connectivity index (χ0) is 17.7. The predicted octanol–water partition coefficient (Wildman–Crippen LogP) is 2.55. The molecule has 1 aromatic heterocycles. The van der Waals surface area contributed by atoms with Crippen molar-refractivity contribution in [1.82, 2.24) is 9.78 Å². The van der Waals surface area contributed by atoms with Gasteiger partial charge in [0, 0.05) is 17.9 Å². The van der Waals surface area contributed by atoms with E-state index in [1.54, 1.807) is 11.7 Å². The number of fused-ring (bicyclic) bond motifs is 1. The van der Waals surface area contributed by atoms with Gasteiger partial charge >= 0.3 is 7.12 Å². The third-order valence-corrected chi connectivity index (χ3v) is 4.83. The van der Waals surface area contributed by atoms with Crippen LogP contribution in [0.4, 0.5) is 14.6 Å². The monoisotopic (exact) mass is 337 g/mol. The molecule has 0 aliphatic carbocycles. The second kappa shape index (κ2) is 5.70. The van der Waals surface area contributed by atoms with Gasteiger partial charge in [0.1, 0.15) is 0 Å². The summed E-state index contributed by atoms with van der Waals surface area (Å²) in [5.74, 6) is 0.436. The maximum Gasteiger partial charge on any atom is 0.497 e. The maximum absolute atomic E-state index is 12.5. The van der Waals surface area contributed by atoms with Crippen molar-refractivity contribution in [1.29, 1.82) is 0 Å². The molecule has 0 amide bonds. The van der Waals surface area contributed by atoms with Gasteiger partial charge in [-0.2, -0.15) is 5.10 Å². The fourth-order valence-corrected chi connectivity index (χ4v) is 2.83. The predicted molar refractivity (Wildman–Crippen MR) is 90.9 cm³/mol. The summed E-state index contributed by atoms with van der Waals surface area (Å²) in [4.78, 5) is 0. The lowest BCUT2D eigenvalue weighted by atomic mass is 9.78. The highest BCUT2D eigenvalue weighted by Crippen LogP contribution is 2.37. The normalized spacial score (nSPS) is 19.4. The SMILES string of the molecule is Cn1nc(NCC(F)F)c2cccc(B3OC(C)(C)C(C)(C)O3)c21. The Hall–Kier alpha value is -1.67. The molecule has 2 aromatic rings. The smallest absolute Gasteiger partial charge is 0.399 e. The third-order valence-electron chi connectivity index (χ3n) is 4.83. The summed E-state index contributed by atoms with van der Waals surface area (Å²) in [6.07, 6.45) is -2.44. The maximum atomic E-state index is 12.5. The van der Waals surface area contributed by atoms with E-state index in [0.29, 0.717) is 5.82 Å². The molecule has 1 saturated heterocycles. The topological polar surface area (TPSA) is 48.3 Å². The van der Waals surface area contributed by atoms with E-state index in [2.05, 4.69) is 10.4 Å². The number of rotatable bonds is 4. The molecule has 1 aliphatic heterocycles. The van der Waals surface area contributed by atoms with Gasteiger partial charge in [-0.05, 0) is 33.8 Å². The van der Waals surface area contributed by atoms with Crippen LogP contribution in [0.15, 0.2) is 18.2 Å². The number of halogens is 2. The highest BCUT2D eigenvalue weighted by molar-refractivity contribution is 6.65. The number of para-hydroxylation sites is 1. The molecule has 0 unspecified atom stereocenters. The van der Waals surface area contributed by atoms with E-state index in [9.17, 15) is 8.78 Å². The number of nitrogens with one attached hydrogen (secondary N) is 1. The molecule has 1 aliphatic rings. The Balaban J connectivity index is 2.02. The summed E-state index contributed by atoms with van der Waals surface area (Å²) in [7, 11) is 1.25. The number of benzene rings is 1. The van der Waals surface area contributed by atoms with Gasteiger partial charge in [0.15, 0.2) is 5.82 Å². The van der Waals surface area contributed by atoms with Crippen LogP contribution in [-0.2, 0) is 16.4 Å². The van der Waals surface area contributed by atoms with Crippen LogP contribution < -0.4 is 10.8 Å². The van der Waals surface area contributed by atoms with Crippen molar-refractivity contribution in [2.24, 2.45) is 7.05 Å². The number of hydrogen-bond donors (Lipinski definition) is 1. The quantitative estimate of drug-likeness (QED) is 0.871. The lowest BCUT2D eigenvalue weighted by molar-refractivity contribution is 0.00578. The first-order valence-electron chi connectivity index (χ1n) is 7.96. The van der Waals surface area contributed by atoms with Gasteiger partial charge in [-0.15, -0.1) is 0 Å². The number of hydrogen-bond acceptors (Lipinski definition) is 4. The van der Waals surface area contributed by atoms with Crippen molar-refractivity contribution < 1.29 is 18.1 Å². The Morgan fingerprint density at radius 2 is 1.83 bits per heavy atom. The van der Waals surface area contributed by atoms with Gasteiger partial charge in [-0.3, -0.25) is 4.68 Å². The Labute approximate surface area is 140 Å². The van der Waals surface area contributed by atoms with E-state index in [4.69, 9.17) is 9.31 Å². The Morgan fingerprint density at radius 3 is 2.42 bits per heavy atom. The molecule has 8 heteroatoms. The van der Waals surface area contributed by atoms with Gasteiger partial charge < -0.3 is 14.6 Å². The molecule has 2 heterocycles. The van der Waals surface area contributed by atoms with Crippen molar-refractivity contribution in [2.75, 3.05) is 11.9 Å². The lowest BCUT2D eigenvalue weighted by Gasteiger charge is -2.32. The van der Waals surface area contributed by atoms with Crippen molar-refractivity contribution in [3.8, 4) is 0 Å². The fourth-order valence-electron chi connectivity index (χ4n) is 2.83. The van der Waals surface area contributed by atoms with Crippen molar-refractivity contribution in [2.45, 2.75) is 45.3 Å². The first-order valence-corrected chi connectivity index (χ1v) is 7.96. The molecule has 130 valence electrons. The van der Waals surface area contributed by atoms with Crippen LogP contribution in [-0.4, -0.2) is 41.1 Å². The molecule has 5 nitrogen and oxygen atoms in total. The number of aryl methyl sites for hydroxylation is 1. The average Bonchev–Trinajstić information content (AvgIpc) is 2.91. The van der Waals surface area contributed by atoms with Gasteiger partial charge in [-0.1, -0.05) is 12.1 Å². The summed E-state index contributed by atoms with van der Waals surface area (Å²) in [6.45, 7) is 7.53. The molecular formula is C16H22BF2N3O2. The van der Waals surface area contributed by atoms with Crippen molar-refractivity contribution in [3.63, 3.8) is 0 Å². The highest BCUT2D eigenvalue weighted by atomic mass is 19.3. The van der Waals surface area contributed by atoms with Crippen LogP contribution in [0.1, 0.15) is 27.7 Å².